The van der Waals surface area contributed by atoms with Crippen LogP contribution in [-0.4, -0.2) is 30.6 Å². The molecule has 2 nitrogen and oxygen atoms in total. The second kappa shape index (κ2) is 4.46. The highest BCUT2D eigenvalue weighted by atomic mass is 15.2. The zero-order valence-electron chi connectivity index (χ0n) is 9.78. The number of para-hydroxylation sites is 1. The van der Waals surface area contributed by atoms with Crippen molar-refractivity contribution < 1.29 is 0 Å². The van der Waals surface area contributed by atoms with Crippen molar-refractivity contribution in [2.75, 3.05) is 25.0 Å². The van der Waals surface area contributed by atoms with Crippen LogP contribution in [-0.2, 0) is 6.42 Å². The molecule has 86 valence electrons. The number of likely N-dealkylation sites (tertiary alicyclic amines) is 1. The molecule has 1 fully saturated rings. The van der Waals surface area contributed by atoms with Crippen LogP contribution in [0.3, 0.4) is 0 Å². The zero-order chi connectivity index (χ0) is 10.8. The molecule has 3 rings (SSSR count). The van der Waals surface area contributed by atoms with Crippen LogP contribution in [0.1, 0.15) is 24.8 Å². The fourth-order valence-corrected chi connectivity index (χ4v) is 2.98. The molecule has 1 atom stereocenters. The van der Waals surface area contributed by atoms with Gasteiger partial charge in [-0.2, -0.15) is 0 Å². The smallest absolute Gasteiger partial charge is 0.0373 e. The number of anilines is 1. The highest BCUT2D eigenvalue weighted by Crippen LogP contribution is 2.24. The Hall–Kier alpha value is -1.02. The van der Waals surface area contributed by atoms with Crippen molar-refractivity contribution in [1.29, 1.82) is 0 Å². The molecule has 1 saturated heterocycles. The maximum absolute atomic E-state index is 3.61. The van der Waals surface area contributed by atoms with E-state index < -0.39 is 0 Å². The van der Waals surface area contributed by atoms with E-state index in [4.69, 9.17) is 0 Å². The normalized spacial score (nSPS) is 25.9. The topological polar surface area (TPSA) is 15.3 Å². The summed E-state index contributed by atoms with van der Waals surface area (Å²) in [6.07, 6.45) is 5.32. The van der Waals surface area contributed by atoms with E-state index in [0.29, 0.717) is 0 Å². The number of benzene rings is 1. The molecule has 0 radical (unpaired) electrons. The summed E-state index contributed by atoms with van der Waals surface area (Å²) in [5.41, 5.74) is 2.84. The summed E-state index contributed by atoms with van der Waals surface area (Å²) < 4.78 is 0. The molecule has 0 saturated carbocycles. The van der Waals surface area contributed by atoms with E-state index >= 15 is 0 Å². The predicted molar refractivity (Wildman–Crippen MR) is 67.8 cm³/mol. The minimum Gasteiger partial charge on any atom is -0.383 e. The van der Waals surface area contributed by atoms with E-state index in [1.807, 2.05) is 0 Å². The van der Waals surface area contributed by atoms with Crippen LogP contribution in [0, 0.1) is 0 Å². The quantitative estimate of drug-likeness (QED) is 0.776. The van der Waals surface area contributed by atoms with E-state index in [9.17, 15) is 0 Å². The summed E-state index contributed by atoms with van der Waals surface area (Å²) in [6, 6.07) is 9.49. The van der Waals surface area contributed by atoms with Crippen molar-refractivity contribution >= 4 is 5.69 Å². The Kier molecular flexibility index (Phi) is 2.83. The largest absolute Gasteiger partial charge is 0.383 e. The van der Waals surface area contributed by atoms with Crippen LogP contribution in [0.5, 0.6) is 0 Å². The highest BCUT2D eigenvalue weighted by molar-refractivity contribution is 5.52. The number of rotatable bonds is 1. The number of aryl methyl sites for hydroxylation is 1. The molecule has 0 aromatic heterocycles. The molecule has 2 aliphatic heterocycles. The van der Waals surface area contributed by atoms with Crippen LogP contribution in [0.25, 0.3) is 0 Å². The van der Waals surface area contributed by atoms with Gasteiger partial charge in [0.05, 0.1) is 0 Å². The fraction of sp³-hybridized carbons (Fsp3) is 0.571. The van der Waals surface area contributed by atoms with Gasteiger partial charge in [-0.05, 0) is 50.4 Å². The van der Waals surface area contributed by atoms with E-state index in [-0.39, 0.29) is 0 Å². The van der Waals surface area contributed by atoms with E-state index in [1.54, 1.807) is 0 Å². The Morgan fingerprint density at radius 2 is 1.94 bits per heavy atom. The summed E-state index contributed by atoms with van der Waals surface area (Å²) >= 11 is 0. The molecule has 2 heterocycles. The van der Waals surface area contributed by atoms with Gasteiger partial charge in [0.1, 0.15) is 0 Å². The molecular weight excluding hydrogens is 196 g/mol. The van der Waals surface area contributed by atoms with Gasteiger partial charge in [-0.3, -0.25) is 4.90 Å². The minimum atomic E-state index is 0.745. The molecule has 16 heavy (non-hydrogen) atoms. The standard InChI is InChI=1S/C14H20N2/c1-2-6-14-12(5-1)7-8-13(11-15-14)16-9-3-4-10-16/h1-2,5-6,13,15H,3-4,7-11H2. The third kappa shape index (κ3) is 1.94. The summed E-state index contributed by atoms with van der Waals surface area (Å²) in [6.45, 7) is 3.74. The molecule has 1 unspecified atom stereocenters. The number of nitrogens with one attached hydrogen (secondary N) is 1. The molecule has 2 heteroatoms. The summed E-state index contributed by atoms with van der Waals surface area (Å²) in [7, 11) is 0. The highest BCUT2D eigenvalue weighted by Gasteiger charge is 2.23. The van der Waals surface area contributed by atoms with Crippen LogP contribution in [0.4, 0.5) is 5.69 Å². The maximum Gasteiger partial charge on any atom is 0.0373 e. The first-order valence-electron chi connectivity index (χ1n) is 6.49. The molecule has 1 aromatic rings. The van der Waals surface area contributed by atoms with Crippen molar-refractivity contribution in [1.82, 2.24) is 4.90 Å². The SMILES string of the molecule is c1ccc2c(c1)CCC(N1CCCC1)CN2. The molecule has 2 aliphatic rings. The number of hydrogen-bond donors (Lipinski definition) is 1. The minimum absolute atomic E-state index is 0.745. The predicted octanol–water partition coefficient (Wildman–Crippen LogP) is 2.51. The Morgan fingerprint density at radius 3 is 2.81 bits per heavy atom. The monoisotopic (exact) mass is 216 g/mol. The molecule has 1 N–H and O–H groups in total. The third-order valence-electron chi connectivity index (χ3n) is 3.95. The van der Waals surface area contributed by atoms with Gasteiger partial charge in [0.15, 0.2) is 0 Å². The average molecular weight is 216 g/mol. The zero-order valence-corrected chi connectivity index (χ0v) is 9.78. The first-order chi connectivity index (χ1) is 7.93. The lowest BCUT2D eigenvalue weighted by Crippen LogP contribution is -2.37. The lowest BCUT2D eigenvalue weighted by atomic mass is 10.1. The summed E-state index contributed by atoms with van der Waals surface area (Å²) in [5, 5.41) is 3.61. The van der Waals surface area contributed by atoms with Gasteiger partial charge in [0, 0.05) is 18.3 Å². The molecule has 0 bridgehead atoms. The van der Waals surface area contributed by atoms with Gasteiger partial charge in [0.2, 0.25) is 0 Å². The lowest BCUT2D eigenvalue weighted by molar-refractivity contribution is 0.242. The Morgan fingerprint density at radius 1 is 1.12 bits per heavy atom. The van der Waals surface area contributed by atoms with Crippen LogP contribution >= 0.6 is 0 Å². The molecule has 0 aliphatic carbocycles. The Balaban J connectivity index is 1.71. The van der Waals surface area contributed by atoms with E-state index in [2.05, 4.69) is 34.5 Å². The molecule has 1 aromatic carbocycles. The van der Waals surface area contributed by atoms with E-state index in [0.717, 1.165) is 12.6 Å². The Bertz CT molecular complexity index is 329. The average Bonchev–Trinajstić information content (AvgIpc) is 2.76. The summed E-state index contributed by atoms with van der Waals surface area (Å²) in [4.78, 5) is 2.67. The van der Waals surface area contributed by atoms with Gasteiger partial charge in [-0.15, -0.1) is 0 Å². The second-order valence-corrected chi connectivity index (χ2v) is 4.97. The number of nitrogens with zero attached hydrogens (tertiary/aromatic N) is 1. The number of fused-ring (bicyclic) bond motifs is 1. The fourth-order valence-electron chi connectivity index (χ4n) is 2.98. The van der Waals surface area contributed by atoms with Crippen molar-refractivity contribution in [3.05, 3.63) is 29.8 Å². The lowest BCUT2D eigenvalue weighted by Gasteiger charge is -2.26. The second-order valence-electron chi connectivity index (χ2n) is 4.97. The summed E-state index contributed by atoms with van der Waals surface area (Å²) in [5.74, 6) is 0. The Labute approximate surface area is 97.6 Å². The maximum atomic E-state index is 3.61. The van der Waals surface area contributed by atoms with Crippen LogP contribution in [0.15, 0.2) is 24.3 Å². The van der Waals surface area contributed by atoms with Crippen molar-refractivity contribution in [2.45, 2.75) is 31.7 Å². The van der Waals surface area contributed by atoms with Crippen molar-refractivity contribution in [3.63, 3.8) is 0 Å². The first kappa shape index (κ1) is 10.2. The molecule has 0 amide bonds. The van der Waals surface area contributed by atoms with Gasteiger partial charge in [-0.25, -0.2) is 0 Å². The molecular formula is C14H20N2. The first-order valence-corrected chi connectivity index (χ1v) is 6.49. The number of hydrogen-bond acceptors (Lipinski definition) is 2. The van der Waals surface area contributed by atoms with Crippen LogP contribution in [0.2, 0.25) is 0 Å². The molecule has 0 spiro atoms. The van der Waals surface area contributed by atoms with Gasteiger partial charge in [-0.1, -0.05) is 18.2 Å². The van der Waals surface area contributed by atoms with Gasteiger partial charge < -0.3 is 5.32 Å². The third-order valence-corrected chi connectivity index (χ3v) is 3.95. The van der Waals surface area contributed by atoms with Crippen molar-refractivity contribution in [3.8, 4) is 0 Å². The van der Waals surface area contributed by atoms with Crippen molar-refractivity contribution in [2.24, 2.45) is 0 Å². The van der Waals surface area contributed by atoms with Gasteiger partial charge >= 0.3 is 0 Å². The van der Waals surface area contributed by atoms with E-state index in [1.165, 1.54) is 50.0 Å². The van der Waals surface area contributed by atoms with Gasteiger partial charge in [0.25, 0.3) is 0 Å². The van der Waals surface area contributed by atoms with Crippen LogP contribution < -0.4 is 5.32 Å².